The fourth-order valence-electron chi connectivity index (χ4n) is 9.13. The van der Waals surface area contributed by atoms with E-state index in [1.54, 1.807) is 0 Å². The smallest absolute Gasteiger partial charge is 0.223 e. The zero-order chi connectivity index (χ0) is 37.9. The summed E-state index contributed by atoms with van der Waals surface area (Å²) in [6.07, 6.45) is 7.50. The van der Waals surface area contributed by atoms with Gasteiger partial charge in [-0.05, 0) is 113 Å². The van der Waals surface area contributed by atoms with Crippen LogP contribution in [0, 0.1) is 13.8 Å². The Bertz CT molecular complexity index is 2070. The fraction of sp³-hybridized carbons (Fsp3) is 0.375. The van der Waals surface area contributed by atoms with Gasteiger partial charge in [0, 0.05) is 46.0 Å². The Hall–Kier alpha value is -5.10. The van der Waals surface area contributed by atoms with Gasteiger partial charge in [0.05, 0.1) is 24.2 Å². The molecule has 0 radical (unpaired) electrons. The van der Waals surface area contributed by atoms with Crippen LogP contribution < -0.4 is 0 Å². The van der Waals surface area contributed by atoms with Crippen molar-refractivity contribution < 1.29 is 9.59 Å². The average Bonchev–Trinajstić information content (AvgIpc) is 3.77. The van der Waals surface area contributed by atoms with Gasteiger partial charge in [-0.1, -0.05) is 97.8 Å². The van der Waals surface area contributed by atoms with E-state index in [1.165, 1.54) is 66.6 Å². The highest BCUT2D eigenvalue weighted by molar-refractivity contribution is 5.87. The van der Waals surface area contributed by atoms with Crippen molar-refractivity contribution >= 4 is 33.6 Å². The molecule has 0 saturated heterocycles. The van der Waals surface area contributed by atoms with E-state index < -0.39 is 0 Å². The molecule has 0 fully saturated rings. The second kappa shape index (κ2) is 16.1. The van der Waals surface area contributed by atoms with Crippen LogP contribution in [0.3, 0.4) is 0 Å². The largest absolute Gasteiger partial charge is 0.356 e. The van der Waals surface area contributed by atoms with E-state index in [9.17, 15) is 9.59 Å². The van der Waals surface area contributed by atoms with Gasteiger partial charge in [0.15, 0.2) is 0 Å². The van der Waals surface area contributed by atoms with Gasteiger partial charge in [0.2, 0.25) is 11.8 Å². The third-order valence-electron chi connectivity index (χ3n) is 11.9. The minimum atomic E-state index is 0.0581. The number of hydrogen-bond acceptors (Lipinski definition) is 2. The molecule has 0 spiro atoms. The van der Waals surface area contributed by atoms with Gasteiger partial charge in [-0.15, -0.1) is 0 Å². The Morgan fingerprint density at radius 1 is 0.611 bits per heavy atom. The van der Waals surface area contributed by atoms with Crippen LogP contribution in [0.4, 0.5) is 0 Å². The first kappa shape index (κ1) is 37.2. The van der Waals surface area contributed by atoms with E-state index in [-0.39, 0.29) is 36.0 Å². The molecule has 0 saturated carbocycles. The summed E-state index contributed by atoms with van der Waals surface area (Å²) in [5, 5.41) is 2.65. The maximum Gasteiger partial charge on any atom is 0.223 e. The number of H-pyrrole nitrogens is 2. The molecule has 0 aliphatic heterocycles. The van der Waals surface area contributed by atoms with Crippen molar-refractivity contribution in [1.29, 1.82) is 0 Å². The molecule has 2 N–H and O–H groups in total. The summed E-state index contributed by atoms with van der Waals surface area (Å²) in [6, 6.07) is 34.3. The Morgan fingerprint density at radius 2 is 1.00 bits per heavy atom. The number of benzene rings is 4. The first-order valence-corrected chi connectivity index (χ1v) is 20.1. The molecule has 280 valence electrons. The van der Waals surface area contributed by atoms with Gasteiger partial charge in [0.1, 0.15) is 0 Å². The van der Waals surface area contributed by atoms with Gasteiger partial charge in [-0.25, -0.2) is 0 Å². The molecule has 2 aliphatic carbocycles. The molecule has 6 aromatic rings. The molecule has 1 unspecified atom stereocenters. The third-order valence-corrected chi connectivity index (χ3v) is 11.9. The third kappa shape index (κ3) is 7.23. The van der Waals surface area contributed by atoms with Crippen LogP contribution in [0.25, 0.3) is 21.8 Å². The standard InChI is InChI=1S/2C24H28N2O/c2*1-4-23(27)26(17(3)18-9-6-5-7-10-18)22-12-8-11-19-20-15-16(2)13-14-21(20)25-24(19)22/h2*5-7,9-10,13-15,17,22,25H,4,8,11-12H2,1-3H3/t17-,22?;17-,22-/m01/s1. The average molecular weight is 721 g/mol. The highest BCUT2D eigenvalue weighted by Gasteiger charge is 2.36. The van der Waals surface area contributed by atoms with Crippen LogP contribution in [0.2, 0.25) is 0 Å². The quantitative estimate of drug-likeness (QED) is 0.164. The summed E-state index contributed by atoms with van der Waals surface area (Å²) in [6.45, 7) is 12.5. The number of hydrogen-bond donors (Lipinski definition) is 2. The van der Waals surface area contributed by atoms with E-state index >= 15 is 0 Å². The van der Waals surface area contributed by atoms with Crippen LogP contribution in [-0.4, -0.2) is 31.6 Å². The molecule has 4 atom stereocenters. The predicted molar refractivity (Wildman–Crippen MR) is 221 cm³/mol. The van der Waals surface area contributed by atoms with Gasteiger partial charge in [-0.2, -0.15) is 0 Å². The van der Waals surface area contributed by atoms with Crippen molar-refractivity contribution in [3.63, 3.8) is 0 Å². The number of carbonyl (C=O) groups is 2. The molecule has 2 heterocycles. The van der Waals surface area contributed by atoms with Crippen molar-refractivity contribution in [2.24, 2.45) is 0 Å². The molecular weight excluding hydrogens is 665 g/mol. The van der Waals surface area contributed by atoms with Crippen LogP contribution in [0.5, 0.6) is 0 Å². The number of amides is 2. The van der Waals surface area contributed by atoms with E-state index in [0.29, 0.717) is 12.8 Å². The monoisotopic (exact) mass is 720 g/mol. The molecule has 6 heteroatoms. The Kier molecular flexibility index (Phi) is 11.1. The zero-order valence-electron chi connectivity index (χ0n) is 32.9. The molecule has 8 rings (SSSR count). The lowest BCUT2D eigenvalue weighted by Crippen LogP contribution is -2.38. The van der Waals surface area contributed by atoms with E-state index in [0.717, 1.165) is 38.5 Å². The summed E-state index contributed by atoms with van der Waals surface area (Å²) >= 11 is 0. The normalized spacial score (nSPS) is 17.5. The predicted octanol–water partition coefficient (Wildman–Crippen LogP) is 11.7. The van der Waals surface area contributed by atoms with Crippen molar-refractivity contribution in [2.75, 3.05) is 0 Å². The van der Waals surface area contributed by atoms with E-state index in [2.05, 4.69) is 132 Å². The molecule has 4 aromatic carbocycles. The van der Waals surface area contributed by atoms with E-state index in [1.807, 2.05) is 26.0 Å². The Labute approximate surface area is 321 Å². The highest BCUT2D eigenvalue weighted by atomic mass is 16.2. The zero-order valence-corrected chi connectivity index (χ0v) is 32.9. The topological polar surface area (TPSA) is 72.2 Å². The van der Waals surface area contributed by atoms with E-state index in [4.69, 9.17) is 0 Å². The summed E-state index contributed by atoms with van der Waals surface area (Å²) in [5.74, 6) is 0.443. The number of fused-ring (bicyclic) bond motifs is 6. The lowest BCUT2D eigenvalue weighted by molar-refractivity contribution is -0.137. The van der Waals surface area contributed by atoms with Crippen LogP contribution in [-0.2, 0) is 22.4 Å². The maximum atomic E-state index is 13.0. The first-order chi connectivity index (χ1) is 26.2. The lowest BCUT2D eigenvalue weighted by atomic mass is 9.89. The summed E-state index contributed by atoms with van der Waals surface area (Å²) in [7, 11) is 0. The minimum Gasteiger partial charge on any atom is -0.356 e. The molecule has 6 nitrogen and oxygen atoms in total. The number of rotatable bonds is 8. The molecule has 2 aromatic heterocycles. The van der Waals surface area contributed by atoms with Crippen LogP contribution >= 0.6 is 0 Å². The minimum absolute atomic E-state index is 0.0581. The number of nitrogens with one attached hydrogen (secondary N) is 2. The van der Waals surface area contributed by atoms with Gasteiger partial charge >= 0.3 is 0 Å². The second-order valence-electron chi connectivity index (χ2n) is 15.4. The van der Waals surface area contributed by atoms with Gasteiger partial charge < -0.3 is 19.8 Å². The van der Waals surface area contributed by atoms with Crippen molar-refractivity contribution in [3.05, 3.63) is 142 Å². The fourth-order valence-corrected chi connectivity index (χ4v) is 9.13. The highest BCUT2D eigenvalue weighted by Crippen LogP contribution is 2.43. The number of aromatic amines is 2. The summed E-state index contributed by atoms with van der Waals surface area (Å²) < 4.78 is 0. The van der Waals surface area contributed by atoms with Gasteiger partial charge in [-0.3, -0.25) is 9.59 Å². The number of nitrogens with zero attached hydrogens (tertiary/aromatic N) is 2. The van der Waals surface area contributed by atoms with Crippen molar-refractivity contribution in [3.8, 4) is 0 Å². The molecular formula is C48H56N4O2. The SMILES string of the molecule is CCC(=O)N(C1CCCc2c1[nH]c1ccc(C)cc21)[C@@H](C)c1ccccc1.CCC(=O)N([C@H](C)c1ccccc1)[C@@H]1CCCc2c1[nH]c1ccc(C)cc21. The van der Waals surface area contributed by atoms with Crippen molar-refractivity contribution in [2.45, 2.75) is 117 Å². The molecule has 2 aliphatic rings. The second-order valence-corrected chi connectivity index (χ2v) is 15.4. The Balaban J connectivity index is 0.000000167. The summed E-state index contributed by atoms with van der Waals surface area (Å²) in [4.78, 5) is 37.6. The number of carbonyl (C=O) groups excluding carboxylic acids is 2. The van der Waals surface area contributed by atoms with Gasteiger partial charge in [0.25, 0.3) is 0 Å². The number of aromatic nitrogens is 2. The molecule has 54 heavy (non-hydrogen) atoms. The molecule has 0 bridgehead atoms. The maximum absolute atomic E-state index is 13.0. The number of aryl methyl sites for hydroxylation is 4. The van der Waals surface area contributed by atoms with Crippen molar-refractivity contribution in [1.82, 2.24) is 19.8 Å². The van der Waals surface area contributed by atoms with Crippen LogP contribution in [0.15, 0.2) is 97.1 Å². The lowest BCUT2D eigenvalue weighted by Gasteiger charge is -2.39. The van der Waals surface area contributed by atoms with Crippen LogP contribution in [0.1, 0.15) is 135 Å². The molecule has 2 amide bonds. The first-order valence-electron chi connectivity index (χ1n) is 20.1. The summed E-state index contributed by atoms with van der Waals surface area (Å²) in [5.41, 5.74) is 12.6. The Morgan fingerprint density at radius 3 is 1.37 bits per heavy atom.